The summed E-state index contributed by atoms with van der Waals surface area (Å²) in [6.45, 7) is 5.01. The van der Waals surface area contributed by atoms with Crippen LogP contribution in [0.15, 0.2) is 24.3 Å². The summed E-state index contributed by atoms with van der Waals surface area (Å²) in [7, 11) is 2.01. The van der Waals surface area contributed by atoms with Gasteiger partial charge in [0.2, 0.25) is 5.95 Å². The molecule has 0 aliphatic carbocycles. The molecule has 0 saturated carbocycles. The molecular weight excluding hydrogens is 303 g/mol. The minimum Gasteiger partial charge on any atom is -0.360 e. The summed E-state index contributed by atoms with van der Waals surface area (Å²) in [6.07, 6.45) is 2.24. The number of benzene rings is 1. The van der Waals surface area contributed by atoms with Gasteiger partial charge in [-0.05, 0) is 31.5 Å². The Labute approximate surface area is 135 Å². The molecule has 0 atom stereocenters. The Morgan fingerprint density at radius 2 is 2.05 bits per heavy atom. The third-order valence-corrected chi connectivity index (χ3v) is 3.54. The Bertz CT molecular complexity index is 648. The van der Waals surface area contributed by atoms with Gasteiger partial charge in [-0.2, -0.15) is 4.98 Å². The standard InChI is InChI=1S/C16H20ClFN4/c1-4-5-8-22(3)15-9-11(2)19-16(21-15)20-12-6-7-14(18)13(17)10-12/h6-7,9-10H,4-5,8H2,1-3H3,(H,19,20,21). The van der Waals surface area contributed by atoms with E-state index in [0.717, 1.165) is 30.9 Å². The second kappa shape index (κ2) is 7.40. The number of anilines is 3. The van der Waals surface area contributed by atoms with E-state index in [1.165, 1.54) is 12.1 Å². The highest BCUT2D eigenvalue weighted by Crippen LogP contribution is 2.22. The van der Waals surface area contributed by atoms with E-state index in [9.17, 15) is 4.39 Å². The predicted octanol–water partition coefficient (Wildman–Crippen LogP) is 4.56. The van der Waals surface area contributed by atoms with Gasteiger partial charge in [-0.3, -0.25) is 0 Å². The number of halogens is 2. The fourth-order valence-electron chi connectivity index (χ4n) is 2.02. The van der Waals surface area contributed by atoms with Gasteiger partial charge in [0.05, 0.1) is 5.02 Å². The number of hydrogen-bond acceptors (Lipinski definition) is 4. The molecule has 0 aliphatic rings. The lowest BCUT2D eigenvalue weighted by atomic mass is 10.3. The van der Waals surface area contributed by atoms with Gasteiger partial charge < -0.3 is 10.2 Å². The van der Waals surface area contributed by atoms with E-state index in [1.807, 2.05) is 20.0 Å². The van der Waals surface area contributed by atoms with E-state index in [2.05, 4.69) is 27.1 Å². The molecule has 2 rings (SSSR count). The summed E-state index contributed by atoms with van der Waals surface area (Å²) in [4.78, 5) is 11.0. The van der Waals surface area contributed by atoms with Gasteiger partial charge in [-0.1, -0.05) is 24.9 Å². The van der Waals surface area contributed by atoms with Crippen LogP contribution in [0.25, 0.3) is 0 Å². The summed E-state index contributed by atoms with van der Waals surface area (Å²) in [5, 5.41) is 3.13. The lowest BCUT2D eigenvalue weighted by Crippen LogP contribution is -2.20. The van der Waals surface area contributed by atoms with Gasteiger partial charge in [0.15, 0.2) is 0 Å². The highest BCUT2D eigenvalue weighted by Gasteiger charge is 2.08. The Kier molecular flexibility index (Phi) is 5.55. The van der Waals surface area contributed by atoms with E-state index >= 15 is 0 Å². The zero-order valence-electron chi connectivity index (χ0n) is 13.0. The average molecular weight is 323 g/mol. The number of unbranched alkanes of at least 4 members (excludes halogenated alkanes) is 1. The molecule has 118 valence electrons. The normalized spacial score (nSPS) is 10.6. The van der Waals surface area contributed by atoms with Crippen LogP contribution in [-0.2, 0) is 0 Å². The van der Waals surface area contributed by atoms with Crippen LogP contribution in [0, 0.1) is 12.7 Å². The molecule has 0 radical (unpaired) electrons. The molecule has 0 aliphatic heterocycles. The molecule has 6 heteroatoms. The molecule has 2 aromatic rings. The largest absolute Gasteiger partial charge is 0.360 e. The Morgan fingerprint density at radius 1 is 1.27 bits per heavy atom. The van der Waals surface area contributed by atoms with Gasteiger partial charge in [-0.15, -0.1) is 0 Å². The maximum Gasteiger partial charge on any atom is 0.229 e. The van der Waals surface area contributed by atoms with Crippen molar-refractivity contribution in [2.75, 3.05) is 23.8 Å². The predicted molar refractivity (Wildman–Crippen MR) is 89.6 cm³/mol. The Hall–Kier alpha value is -1.88. The molecule has 1 aromatic carbocycles. The first-order valence-electron chi connectivity index (χ1n) is 7.28. The number of nitrogens with one attached hydrogen (secondary N) is 1. The molecule has 1 heterocycles. The highest BCUT2D eigenvalue weighted by atomic mass is 35.5. The maximum atomic E-state index is 13.2. The van der Waals surface area contributed by atoms with Crippen LogP contribution in [0.1, 0.15) is 25.5 Å². The highest BCUT2D eigenvalue weighted by molar-refractivity contribution is 6.31. The third kappa shape index (κ3) is 4.31. The van der Waals surface area contributed by atoms with Crippen molar-refractivity contribution in [3.05, 3.63) is 40.8 Å². The average Bonchev–Trinajstić information content (AvgIpc) is 2.48. The second-order valence-corrected chi connectivity index (χ2v) is 5.63. The lowest BCUT2D eigenvalue weighted by molar-refractivity contribution is 0.628. The van der Waals surface area contributed by atoms with Gasteiger partial charge in [-0.25, -0.2) is 9.37 Å². The van der Waals surface area contributed by atoms with Gasteiger partial charge >= 0.3 is 0 Å². The SMILES string of the molecule is CCCCN(C)c1cc(C)nc(Nc2ccc(F)c(Cl)c2)n1. The fourth-order valence-corrected chi connectivity index (χ4v) is 2.20. The number of rotatable bonds is 6. The van der Waals surface area contributed by atoms with Crippen molar-refractivity contribution >= 4 is 29.1 Å². The molecule has 0 bridgehead atoms. The minimum atomic E-state index is -0.447. The molecule has 4 nitrogen and oxygen atoms in total. The third-order valence-electron chi connectivity index (χ3n) is 3.25. The molecule has 0 fully saturated rings. The summed E-state index contributed by atoms with van der Waals surface area (Å²) < 4.78 is 13.2. The van der Waals surface area contributed by atoms with E-state index in [4.69, 9.17) is 11.6 Å². The first-order valence-corrected chi connectivity index (χ1v) is 7.66. The second-order valence-electron chi connectivity index (χ2n) is 5.22. The van der Waals surface area contributed by atoms with Crippen molar-refractivity contribution in [1.29, 1.82) is 0 Å². The van der Waals surface area contributed by atoms with Crippen molar-refractivity contribution in [1.82, 2.24) is 9.97 Å². The quantitative estimate of drug-likeness (QED) is 0.846. The zero-order chi connectivity index (χ0) is 16.1. The molecule has 0 amide bonds. The van der Waals surface area contributed by atoms with Crippen molar-refractivity contribution in [2.24, 2.45) is 0 Å². The molecule has 0 saturated heterocycles. The van der Waals surface area contributed by atoms with Crippen molar-refractivity contribution in [3.63, 3.8) is 0 Å². The molecule has 1 N–H and O–H groups in total. The Balaban J connectivity index is 2.20. The summed E-state index contributed by atoms with van der Waals surface area (Å²) in [6, 6.07) is 6.38. The maximum absolute atomic E-state index is 13.2. The Morgan fingerprint density at radius 3 is 2.73 bits per heavy atom. The number of nitrogens with zero attached hydrogens (tertiary/aromatic N) is 3. The van der Waals surface area contributed by atoms with Crippen LogP contribution in [0.5, 0.6) is 0 Å². The van der Waals surface area contributed by atoms with Gasteiger partial charge in [0, 0.05) is 31.0 Å². The first-order chi connectivity index (χ1) is 10.5. The summed E-state index contributed by atoms with van der Waals surface area (Å²) in [5.41, 5.74) is 1.52. The number of aryl methyl sites for hydroxylation is 1. The van der Waals surface area contributed by atoms with E-state index in [-0.39, 0.29) is 5.02 Å². The molecule has 0 unspecified atom stereocenters. The van der Waals surface area contributed by atoms with E-state index < -0.39 is 5.82 Å². The topological polar surface area (TPSA) is 41.1 Å². The van der Waals surface area contributed by atoms with Crippen LogP contribution < -0.4 is 10.2 Å². The first kappa shape index (κ1) is 16.5. The van der Waals surface area contributed by atoms with Crippen LogP contribution in [0.2, 0.25) is 5.02 Å². The van der Waals surface area contributed by atoms with Crippen LogP contribution in [-0.4, -0.2) is 23.6 Å². The van der Waals surface area contributed by atoms with Crippen LogP contribution >= 0.6 is 11.6 Å². The number of hydrogen-bond donors (Lipinski definition) is 1. The van der Waals surface area contributed by atoms with Gasteiger partial charge in [0.1, 0.15) is 11.6 Å². The fraction of sp³-hybridized carbons (Fsp3) is 0.375. The van der Waals surface area contributed by atoms with E-state index in [0.29, 0.717) is 11.6 Å². The van der Waals surface area contributed by atoms with Crippen LogP contribution in [0.4, 0.5) is 21.8 Å². The lowest BCUT2D eigenvalue weighted by Gasteiger charge is -2.19. The molecular formula is C16H20ClFN4. The van der Waals surface area contributed by atoms with Crippen molar-refractivity contribution in [3.8, 4) is 0 Å². The smallest absolute Gasteiger partial charge is 0.229 e. The molecule has 1 aromatic heterocycles. The minimum absolute atomic E-state index is 0.0675. The molecule has 0 spiro atoms. The number of aromatic nitrogens is 2. The van der Waals surface area contributed by atoms with E-state index in [1.54, 1.807) is 6.07 Å². The van der Waals surface area contributed by atoms with Crippen molar-refractivity contribution in [2.45, 2.75) is 26.7 Å². The van der Waals surface area contributed by atoms with Gasteiger partial charge in [0.25, 0.3) is 0 Å². The monoisotopic (exact) mass is 322 g/mol. The summed E-state index contributed by atoms with van der Waals surface area (Å²) in [5.74, 6) is 0.884. The van der Waals surface area contributed by atoms with Crippen molar-refractivity contribution < 1.29 is 4.39 Å². The zero-order valence-corrected chi connectivity index (χ0v) is 13.8. The van der Waals surface area contributed by atoms with Crippen LogP contribution in [0.3, 0.4) is 0 Å². The molecule has 22 heavy (non-hydrogen) atoms. The summed E-state index contributed by atoms with van der Waals surface area (Å²) >= 11 is 5.79.